The van der Waals surface area contributed by atoms with E-state index in [2.05, 4.69) is 6.07 Å². The molecule has 0 aliphatic rings. The van der Waals surface area contributed by atoms with Crippen LogP contribution in [-0.2, 0) is 0 Å². The maximum absolute atomic E-state index is 10.3. The zero-order valence-electron chi connectivity index (χ0n) is 4.97. The third kappa shape index (κ3) is 1.70. The van der Waals surface area contributed by atoms with Crippen molar-refractivity contribution < 1.29 is 9.90 Å². The topological polar surface area (TPSA) is 37.3 Å². The van der Waals surface area contributed by atoms with E-state index in [0.29, 0.717) is 0 Å². The number of carboxylic acid groups (broad SMARTS) is 1. The maximum Gasteiger partial charge on any atom is 0.335 e. The number of carbonyl (C=O) groups is 1. The monoisotopic (exact) mass is 247 g/mol. The van der Waals surface area contributed by atoms with Crippen LogP contribution >= 0.6 is 22.6 Å². The molecule has 0 unspecified atom stereocenters. The Kier molecular flexibility index (Phi) is 2.26. The number of aromatic carboxylic acids is 1. The smallest absolute Gasteiger partial charge is 0.335 e. The summed E-state index contributed by atoms with van der Waals surface area (Å²) in [6, 6.07) is 7.50. The number of hydrogen-bond donors (Lipinski definition) is 1. The second-order valence-electron chi connectivity index (χ2n) is 1.75. The summed E-state index contributed by atoms with van der Waals surface area (Å²) >= 11 is 2.04. The van der Waals surface area contributed by atoms with Crippen LogP contribution in [0.1, 0.15) is 10.4 Å². The molecule has 51 valence electrons. The molecule has 3 heteroatoms. The summed E-state index contributed by atoms with van der Waals surface area (Å²) in [5, 5.41) is 8.49. The van der Waals surface area contributed by atoms with Gasteiger partial charge in [0.25, 0.3) is 0 Å². The molecule has 0 bridgehead atoms. The molecule has 0 aliphatic heterocycles. The lowest BCUT2D eigenvalue weighted by Gasteiger charge is -1.91. The van der Waals surface area contributed by atoms with E-state index in [-0.39, 0.29) is 5.56 Å². The highest BCUT2D eigenvalue weighted by molar-refractivity contribution is 14.1. The summed E-state index contributed by atoms with van der Waals surface area (Å²) in [5.41, 5.74) is 0.284. The number of rotatable bonds is 1. The van der Waals surface area contributed by atoms with Crippen LogP contribution in [0.25, 0.3) is 0 Å². The molecule has 0 saturated carbocycles. The minimum atomic E-state index is -0.908. The molecule has 0 aromatic heterocycles. The summed E-state index contributed by atoms with van der Waals surface area (Å²) in [5.74, 6) is -0.908. The SMILES string of the molecule is O=C(O)c1c[c]cc(I)c1. The van der Waals surface area contributed by atoms with E-state index >= 15 is 0 Å². The highest BCUT2D eigenvalue weighted by Crippen LogP contribution is 2.06. The Bertz CT molecular complexity index is 258. The Morgan fingerprint density at radius 3 is 2.70 bits per heavy atom. The Labute approximate surface area is 72.0 Å². The molecule has 0 saturated heterocycles. The second-order valence-corrected chi connectivity index (χ2v) is 2.99. The van der Waals surface area contributed by atoms with Gasteiger partial charge in [-0.15, -0.1) is 0 Å². The zero-order valence-corrected chi connectivity index (χ0v) is 7.12. The van der Waals surface area contributed by atoms with Crippen molar-refractivity contribution in [2.75, 3.05) is 0 Å². The standard InChI is InChI=1S/C7H4IO2/c8-6-3-1-2-5(4-6)7(9)10/h2-4H,(H,9,10). The molecule has 2 nitrogen and oxygen atoms in total. The van der Waals surface area contributed by atoms with Crippen molar-refractivity contribution in [3.8, 4) is 0 Å². The van der Waals surface area contributed by atoms with Crippen LogP contribution in [0, 0.1) is 9.64 Å². The van der Waals surface area contributed by atoms with Crippen LogP contribution in [0.5, 0.6) is 0 Å². The molecule has 0 heterocycles. The van der Waals surface area contributed by atoms with Gasteiger partial charge in [0.05, 0.1) is 5.56 Å². The van der Waals surface area contributed by atoms with Gasteiger partial charge in [-0.05, 0) is 46.9 Å². The van der Waals surface area contributed by atoms with Crippen molar-refractivity contribution in [2.45, 2.75) is 0 Å². The van der Waals surface area contributed by atoms with E-state index in [0.717, 1.165) is 3.57 Å². The van der Waals surface area contributed by atoms with Crippen LogP contribution in [0.3, 0.4) is 0 Å². The summed E-state index contributed by atoms with van der Waals surface area (Å²) in [7, 11) is 0. The first-order chi connectivity index (χ1) is 4.70. The van der Waals surface area contributed by atoms with Gasteiger partial charge in [-0.2, -0.15) is 0 Å². The van der Waals surface area contributed by atoms with Gasteiger partial charge in [0.15, 0.2) is 0 Å². The third-order valence-corrected chi connectivity index (χ3v) is 1.62. The number of benzene rings is 1. The highest BCUT2D eigenvalue weighted by Gasteiger charge is 2.00. The molecule has 0 atom stereocenters. The van der Waals surface area contributed by atoms with Gasteiger partial charge in [-0.1, -0.05) is 0 Å². The minimum Gasteiger partial charge on any atom is -0.478 e. The van der Waals surface area contributed by atoms with Gasteiger partial charge < -0.3 is 5.11 Å². The lowest BCUT2D eigenvalue weighted by molar-refractivity contribution is 0.0697. The molecular formula is C7H4IO2. The van der Waals surface area contributed by atoms with Gasteiger partial charge in [-0.3, -0.25) is 0 Å². The van der Waals surface area contributed by atoms with Gasteiger partial charge in [0.1, 0.15) is 0 Å². The predicted octanol–water partition coefficient (Wildman–Crippen LogP) is 1.79. The van der Waals surface area contributed by atoms with Crippen LogP contribution in [0.2, 0.25) is 0 Å². The van der Waals surface area contributed by atoms with Crippen LogP contribution in [0.4, 0.5) is 0 Å². The third-order valence-electron chi connectivity index (χ3n) is 1.00. The Hall–Kier alpha value is -0.580. The van der Waals surface area contributed by atoms with E-state index in [1.165, 1.54) is 6.07 Å². The van der Waals surface area contributed by atoms with Crippen molar-refractivity contribution >= 4 is 28.6 Å². The largest absolute Gasteiger partial charge is 0.478 e. The van der Waals surface area contributed by atoms with Crippen LogP contribution < -0.4 is 0 Å². The van der Waals surface area contributed by atoms with E-state index in [1.807, 2.05) is 22.6 Å². The fourth-order valence-corrected chi connectivity index (χ4v) is 1.08. The Morgan fingerprint density at radius 1 is 1.60 bits per heavy atom. The highest BCUT2D eigenvalue weighted by atomic mass is 127. The molecule has 1 N–H and O–H groups in total. The zero-order chi connectivity index (χ0) is 7.56. The van der Waals surface area contributed by atoms with E-state index < -0.39 is 5.97 Å². The van der Waals surface area contributed by atoms with Gasteiger partial charge in [0, 0.05) is 3.57 Å². The first-order valence-electron chi connectivity index (χ1n) is 2.60. The number of hydrogen-bond acceptors (Lipinski definition) is 1. The Morgan fingerprint density at radius 2 is 2.30 bits per heavy atom. The van der Waals surface area contributed by atoms with Crippen LogP contribution in [-0.4, -0.2) is 11.1 Å². The first kappa shape index (κ1) is 7.53. The van der Waals surface area contributed by atoms with Crippen molar-refractivity contribution in [1.29, 1.82) is 0 Å². The molecule has 1 radical (unpaired) electrons. The van der Waals surface area contributed by atoms with E-state index in [4.69, 9.17) is 5.11 Å². The lowest BCUT2D eigenvalue weighted by Crippen LogP contribution is -1.95. The fraction of sp³-hybridized carbons (Fsp3) is 0. The minimum absolute atomic E-state index is 0.284. The average molecular weight is 247 g/mol. The molecule has 10 heavy (non-hydrogen) atoms. The van der Waals surface area contributed by atoms with E-state index in [9.17, 15) is 4.79 Å². The summed E-state index contributed by atoms with van der Waals surface area (Å²) in [4.78, 5) is 10.3. The maximum atomic E-state index is 10.3. The predicted molar refractivity (Wildman–Crippen MR) is 45.0 cm³/mol. The molecule has 1 aromatic rings. The number of halogens is 1. The summed E-state index contributed by atoms with van der Waals surface area (Å²) in [6.07, 6.45) is 0. The number of carboxylic acids is 1. The Balaban J connectivity index is 3.07. The van der Waals surface area contributed by atoms with E-state index in [1.54, 1.807) is 12.1 Å². The summed E-state index contributed by atoms with van der Waals surface area (Å²) < 4.78 is 0.887. The molecular weight excluding hydrogens is 243 g/mol. The molecule has 0 amide bonds. The van der Waals surface area contributed by atoms with Crippen LogP contribution in [0.15, 0.2) is 18.2 Å². The average Bonchev–Trinajstić information content (AvgIpc) is 1.88. The van der Waals surface area contributed by atoms with Gasteiger partial charge in [-0.25, -0.2) is 4.79 Å². The lowest BCUT2D eigenvalue weighted by atomic mass is 10.2. The quantitative estimate of drug-likeness (QED) is 0.768. The molecule has 0 fully saturated rings. The van der Waals surface area contributed by atoms with Crippen molar-refractivity contribution in [1.82, 2.24) is 0 Å². The van der Waals surface area contributed by atoms with Crippen molar-refractivity contribution in [3.05, 3.63) is 33.4 Å². The van der Waals surface area contributed by atoms with Crippen molar-refractivity contribution in [3.63, 3.8) is 0 Å². The van der Waals surface area contributed by atoms with Gasteiger partial charge in [0.2, 0.25) is 0 Å². The fourth-order valence-electron chi connectivity index (χ4n) is 0.566. The van der Waals surface area contributed by atoms with Crippen molar-refractivity contribution in [2.24, 2.45) is 0 Å². The molecule has 0 spiro atoms. The van der Waals surface area contributed by atoms with Gasteiger partial charge >= 0.3 is 5.97 Å². The molecule has 1 aromatic carbocycles. The molecule has 0 aliphatic carbocycles. The normalized spacial score (nSPS) is 9.30. The first-order valence-corrected chi connectivity index (χ1v) is 3.68. The second kappa shape index (κ2) is 3.01. The summed E-state index contributed by atoms with van der Waals surface area (Å²) in [6.45, 7) is 0. The molecule has 1 rings (SSSR count).